The molecule has 3 rings (SSSR count). The molecule has 144 valence electrons. The number of likely N-dealkylation sites (tertiary alicyclic amines) is 1. The second-order valence-electron chi connectivity index (χ2n) is 7.57. The van der Waals surface area contributed by atoms with Crippen molar-refractivity contribution in [2.24, 2.45) is 5.92 Å². The van der Waals surface area contributed by atoms with E-state index < -0.39 is 0 Å². The minimum Gasteiger partial charge on any atom is -0.312 e. The van der Waals surface area contributed by atoms with E-state index in [0.29, 0.717) is 12.3 Å². The highest BCUT2D eigenvalue weighted by Gasteiger charge is 2.22. The molecule has 1 amide bonds. The van der Waals surface area contributed by atoms with Crippen molar-refractivity contribution in [2.45, 2.75) is 39.0 Å². The molecule has 2 aromatic rings. The lowest BCUT2D eigenvalue weighted by atomic mass is 9.94. The number of nitrogens with zero attached hydrogens (tertiary/aromatic N) is 2. The Morgan fingerprint density at radius 3 is 2.48 bits per heavy atom. The van der Waals surface area contributed by atoms with Crippen LogP contribution in [-0.4, -0.2) is 37.0 Å². The van der Waals surface area contributed by atoms with Crippen molar-refractivity contribution in [3.63, 3.8) is 0 Å². The van der Waals surface area contributed by atoms with Crippen LogP contribution in [0, 0.1) is 5.92 Å². The molecule has 1 fully saturated rings. The first-order valence-corrected chi connectivity index (χ1v) is 10.4. The van der Waals surface area contributed by atoms with Crippen molar-refractivity contribution in [1.29, 1.82) is 0 Å². The van der Waals surface area contributed by atoms with E-state index in [1.165, 1.54) is 24.9 Å². The Hall–Kier alpha value is -2.13. The van der Waals surface area contributed by atoms with Crippen LogP contribution < -0.4 is 4.90 Å². The van der Waals surface area contributed by atoms with Crippen molar-refractivity contribution < 1.29 is 4.79 Å². The molecule has 0 N–H and O–H groups in total. The highest BCUT2D eigenvalue weighted by Crippen LogP contribution is 2.22. The molecule has 0 aromatic heterocycles. The van der Waals surface area contributed by atoms with E-state index in [0.717, 1.165) is 38.2 Å². The van der Waals surface area contributed by atoms with Gasteiger partial charge in [0.2, 0.25) is 5.91 Å². The van der Waals surface area contributed by atoms with Gasteiger partial charge in [-0.1, -0.05) is 55.5 Å². The fourth-order valence-electron chi connectivity index (χ4n) is 4.03. The fraction of sp³-hybridized carbons (Fsp3) is 0.458. The van der Waals surface area contributed by atoms with Gasteiger partial charge in [0.1, 0.15) is 0 Å². The molecule has 1 aliphatic rings. The standard InChI is InChI=1S/C24H32N2O/c1-2-24(27)26(23-13-7-4-8-14-23)19-16-22-12-9-17-25(20-22)18-15-21-10-5-3-6-11-21/h3-8,10-11,13-14,22H,2,9,12,15-20H2,1H3. The summed E-state index contributed by atoms with van der Waals surface area (Å²) in [5, 5.41) is 0. The van der Waals surface area contributed by atoms with Gasteiger partial charge in [-0.05, 0) is 55.8 Å². The number of para-hydroxylation sites is 1. The van der Waals surface area contributed by atoms with Gasteiger partial charge in [0.15, 0.2) is 0 Å². The maximum atomic E-state index is 12.4. The molecule has 0 spiro atoms. The second-order valence-corrected chi connectivity index (χ2v) is 7.57. The second kappa shape index (κ2) is 10.3. The number of amides is 1. The quantitative estimate of drug-likeness (QED) is 0.673. The van der Waals surface area contributed by atoms with Gasteiger partial charge < -0.3 is 9.80 Å². The number of rotatable bonds is 8. The third kappa shape index (κ3) is 5.93. The number of carbonyl (C=O) groups is 1. The Kier molecular flexibility index (Phi) is 7.46. The van der Waals surface area contributed by atoms with Crippen LogP contribution in [0.1, 0.15) is 38.2 Å². The minimum atomic E-state index is 0.220. The van der Waals surface area contributed by atoms with Crippen molar-refractivity contribution in [3.05, 3.63) is 66.2 Å². The molecule has 0 saturated carbocycles. The first-order valence-electron chi connectivity index (χ1n) is 10.4. The van der Waals surface area contributed by atoms with Gasteiger partial charge in [-0.25, -0.2) is 0 Å². The summed E-state index contributed by atoms with van der Waals surface area (Å²) >= 11 is 0. The van der Waals surface area contributed by atoms with E-state index in [4.69, 9.17) is 0 Å². The number of carbonyl (C=O) groups excluding carboxylic acids is 1. The zero-order valence-electron chi connectivity index (χ0n) is 16.5. The van der Waals surface area contributed by atoms with Gasteiger partial charge in [0.05, 0.1) is 0 Å². The molecule has 2 aromatic carbocycles. The molecule has 1 heterocycles. The number of hydrogen-bond acceptors (Lipinski definition) is 2. The predicted octanol–water partition coefficient (Wildman–Crippen LogP) is 4.77. The summed E-state index contributed by atoms with van der Waals surface area (Å²) in [6, 6.07) is 20.9. The monoisotopic (exact) mass is 364 g/mol. The molecule has 1 aliphatic heterocycles. The van der Waals surface area contributed by atoms with Crippen LogP contribution in [0.2, 0.25) is 0 Å². The molecule has 3 nitrogen and oxygen atoms in total. The lowest BCUT2D eigenvalue weighted by Crippen LogP contribution is -2.39. The summed E-state index contributed by atoms with van der Waals surface area (Å²) in [6.07, 6.45) is 5.32. The highest BCUT2D eigenvalue weighted by atomic mass is 16.2. The van der Waals surface area contributed by atoms with Crippen molar-refractivity contribution in [3.8, 4) is 0 Å². The Balaban J connectivity index is 1.51. The van der Waals surface area contributed by atoms with Crippen LogP contribution in [0.5, 0.6) is 0 Å². The topological polar surface area (TPSA) is 23.6 Å². The lowest BCUT2D eigenvalue weighted by molar-refractivity contribution is -0.118. The lowest BCUT2D eigenvalue weighted by Gasteiger charge is -2.34. The molecule has 0 radical (unpaired) electrons. The SMILES string of the molecule is CCC(=O)N(CCC1CCCN(CCc2ccccc2)C1)c1ccccc1. The average Bonchev–Trinajstić information content (AvgIpc) is 2.74. The van der Waals surface area contributed by atoms with Crippen LogP contribution in [0.3, 0.4) is 0 Å². The Bertz CT molecular complexity index is 686. The Morgan fingerprint density at radius 1 is 1.07 bits per heavy atom. The molecule has 27 heavy (non-hydrogen) atoms. The van der Waals surface area contributed by atoms with Crippen molar-refractivity contribution in [2.75, 3.05) is 31.1 Å². The summed E-state index contributed by atoms with van der Waals surface area (Å²) in [4.78, 5) is 17.0. The van der Waals surface area contributed by atoms with Crippen LogP contribution in [0.25, 0.3) is 0 Å². The molecule has 1 unspecified atom stereocenters. The normalized spacial score (nSPS) is 17.6. The Labute approximate surface area is 164 Å². The van der Waals surface area contributed by atoms with Crippen LogP contribution in [0.15, 0.2) is 60.7 Å². The van der Waals surface area contributed by atoms with Gasteiger partial charge in [0, 0.05) is 31.7 Å². The third-order valence-corrected chi connectivity index (χ3v) is 5.59. The van der Waals surface area contributed by atoms with Crippen LogP contribution in [-0.2, 0) is 11.2 Å². The molecular weight excluding hydrogens is 332 g/mol. The Morgan fingerprint density at radius 2 is 1.78 bits per heavy atom. The van der Waals surface area contributed by atoms with E-state index >= 15 is 0 Å². The summed E-state index contributed by atoms with van der Waals surface area (Å²) in [5.74, 6) is 0.906. The van der Waals surface area contributed by atoms with Gasteiger partial charge in [-0.3, -0.25) is 4.79 Å². The number of benzene rings is 2. The number of anilines is 1. The summed E-state index contributed by atoms with van der Waals surface area (Å²) in [6.45, 7) is 6.28. The van der Waals surface area contributed by atoms with E-state index in [-0.39, 0.29) is 5.91 Å². The molecule has 1 atom stereocenters. The first kappa shape index (κ1) is 19.6. The summed E-state index contributed by atoms with van der Waals surface area (Å²) < 4.78 is 0. The highest BCUT2D eigenvalue weighted by molar-refractivity contribution is 5.93. The number of piperidine rings is 1. The van der Waals surface area contributed by atoms with Crippen molar-refractivity contribution >= 4 is 11.6 Å². The number of hydrogen-bond donors (Lipinski definition) is 0. The average molecular weight is 365 g/mol. The smallest absolute Gasteiger partial charge is 0.226 e. The predicted molar refractivity (Wildman–Crippen MR) is 113 cm³/mol. The first-order chi connectivity index (χ1) is 13.3. The fourth-order valence-corrected chi connectivity index (χ4v) is 4.03. The molecular formula is C24H32N2O. The van der Waals surface area contributed by atoms with Crippen LogP contribution >= 0.6 is 0 Å². The van der Waals surface area contributed by atoms with E-state index in [9.17, 15) is 4.79 Å². The maximum absolute atomic E-state index is 12.4. The van der Waals surface area contributed by atoms with Crippen molar-refractivity contribution in [1.82, 2.24) is 4.90 Å². The third-order valence-electron chi connectivity index (χ3n) is 5.59. The van der Waals surface area contributed by atoms with Gasteiger partial charge in [-0.2, -0.15) is 0 Å². The van der Waals surface area contributed by atoms with E-state index in [2.05, 4.69) is 35.2 Å². The van der Waals surface area contributed by atoms with E-state index in [1.807, 2.05) is 42.2 Å². The maximum Gasteiger partial charge on any atom is 0.226 e. The molecule has 0 aliphatic carbocycles. The zero-order chi connectivity index (χ0) is 18.9. The molecule has 3 heteroatoms. The van der Waals surface area contributed by atoms with Gasteiger partial charge >= 0.3 is 0 Å². The van der Waals surface area contributed by atoms with Gasteiger partial charge in [0.25, 0.3) is 0 Å². The zero-order valence-corrected chi connectivity index (χ0v) is 16.5. The summed E-state index contributed by atoms with van der Waals surface area (Å²) in [5.41, 5.74) is 2.45. The molecule has 0 bridgehead atoms. The van der Waals surface area contributed by atoms with Gasteiger partial charge in [-0.15, -0.1) is 0 Å². The van der Waals surface area contributed by atoms with Crippen LogP contribution in [0.4, 0.5) is 5.69 Å². The summed E-state index contributed by atoms with van der Waals surface area (Å²) in [7, 11) is 0. The largest absolute Gasteiger partial charge is 0.312 e. The van der Waals surface area contributed by atoms with E-state index in [1.54, 1.807) is 0 Å². The minimum absolute atomic E-state index is 0.220. The molecule has 1 saturated heterocycles.